The molecule has 78 valence electrons. The van der Waals surface area contributed by atoms with Gasteiger partial charge in [-0.2, -0.15) is 0 Å². The Bertz CT molecular complexity index is 556. The maximum atomic E-state index is 11.7. The van der Waals surface area contributed by atoms with Crippen molar-refractivity contribution in [2.45, 2.75) is 6.92 Å². The van der Waals surface area contributed by atoms with Crippen LogP contribution in [0.3, 0.4) is 0 Å². The van der Waals surface area contributed by atoms with Crippen molar-refractivity contribution in [1.82, 2.24) is 4.57 Å². The molecule has 0 radical (unpaired) electrons. The minimum Gasteiger partial charge on any atom is -0.261 e. The minimum absolute atomic E-state index is 0.194. The molecule has 3 nitrogen and oxygen atoms in total. The molecule has 1 heterocycles. The third kappa shape index (κ3) is 1.85. The number of hydrogen-bond acceptors (Lipinski definition) is 4. The Morgan fingerprint density at radius 2 is 2.20 bits per heavy atom. The molecular formula is C10H9NO2S2. The van der Waals surface area contributed by atoms with E-state index in [0.717, 1.165) is 27.8 Å². The van der Waals surface area contributed by atoms with Crippen molar-refractivity contribution in [3.8, 4) is 0 Å². The van der Waals surface area contributed by atoms with Crippen LogP contribution in [0.1, 0.15) is 6.92 Å². The van der Waals surface area contributed by atoms with Crippen LogP contribution < -0.4 is 4.87 Å². The summed E-state index contributed by atoms with van der Waals surface area (Å²) in [5.74, 6) is 0.676. The minimum atomic E-state index is -0.206. The second kappa shape index (κ2) is 4.20. The van der Waals surface area contributed by atoms with Crippen LogP contribution >= 0.6 is 23.1 Å². The maximum Gasteiger partial charge on any atom is 0.315 e. The van der Waals surface area contributed by atoms with E-state index in [1.54, 1.807) is 6.07 Å². The fourth-order valence-electron chi connectivity index (χ4n) is 1.33. The van der Waals surface area contributed by atoms with Crippen LogP contribution in [0.15, 0.2) is 29.1 Å². The largest absolute Gasteiger partial charge is 0.315 e. The van der Waals surface area contributed by atoms with Crippen molar-refractivity contribution in [2.75, 3.05) is 5.75 Å². The smallest absolute Gasteiger partial charge is 0.261 e. The van der Waals surface area contributed by atoms with E-state index in [0.29, 0.717) is 11.3 Å². The number of thiazole rings is 1. The van der Waals surface area contributed by atoms with E-state index in [9.17, 15) is 9.59 Å². The van der Waals surface area contributed by atoms with Gasteiger partial charge in [0.25, 0.3) is 5.24 Å². The first kappa shape index (κ1) is 10.4. The Balaban J connectivity index is 2.64. The molecule has 2 rings (SSSR count). The summed E-state index contributed by atoms with van der Waals surface area (Å²) in [4.78, 5) is 23.1. The third-order valence-electron chi connectivity index (χ3n) is 1.94. The topological polar surface area (TPSA) is 39.1 Å². The molecule has 0 spiro atoms. The van der Waals surface area contributed by atoms with Crippen LogP contribution in [0, 0.1) is 0 Å². The van der Waals surface area contributed by atoms with Crippen molar-refractivity contribution in [3.05, 3.63) is 33.9 Å². The number of rotatable bonds is 1. The quantitative estimate of drug-likeness (QED) is 0.768. The number of nitrogens with zero attached hydrogens (tertiary/aromatic N) is 1. The molecule has 0 N–H and O–H groups in total. The lowest BCUT2D eigenvalue weighted by Gasteiger charge is -1.99. The standard InChI is InChI=1S/C10H9NO2S2/c1-2-14-9(12)11-7-5-3-4-6-8(7)15-10(11)13/h3-6H,2H2,1H3. The molecule has 0 amide bonds. The third-order valence-corrected chi connectivity index (χ3v) is 3.58. The van der Waals surface area contributed by atoms with Gasteiger partial charge < -0.3 is 0 Å². The number of carbonyl (C=O) groups is 1. The number of thioether (sulfide) groups is 1. The van der Waals surface area contributed by atoms with Crippen LogP contribution in [0.25, 0.3) is 10.2 Å². The lowest BCUT2D eigenvalue weighted by molar-refractivity contribution is 0.262. The molecule has 2 aromatic rings. The summed E-state index contributed by atoms with van der Waals surface area (Å²) in [5, 5.41) is -0.194. The molecule has 0 aliphatic heterocycles. The number of carbonyl (C=O) groups excluding carboxylic acids is 1. The van der Waals surface area contributed by atoms with Crippen molar-refractivity contribution in [3.63, 3.8) is 0 Å². The highest BCUT2D eigenvalue weighted by atomic mass is 32.2. The van der Waals surface area contributed by atoms with Crippen molar-refractivity contribution in [2.24, 2.45) is 0 Å². The molecule has 5 heteroatoms. The molecule has 1 aromatic heterocycles. The highest BCUT2D eigenvalue weighted by Crippen LogP contribution is 2.18. The van der Waals surface area contributed by atoms with Crippen LogP contribution in [-0.2, 0) is 0 Å². The Kier molecular flexibility index (Phi) is 2.93. The van der Waals surface area contributed by atoms with Gasteiger partial charge >= 0.3 is 4.87 Å². The summed E-state index contributed by atoms with van der Waals surface area (Å²) >= 11 is 2.25. The zero-order valence-corrected chi connectivity index (χ0v) is 9.73. The predicted molar refractivity (Wildman–Crippen MR) is 65.0 cm³/mol. The van der Waals surface area contributed by atoms with E-state index < -0.39 is 0 Å². The molecular weight excluding hydrogens is 230 g/mol. The molecule has 0 unspecified atom stereocenters. The molecule has 0 atom stereocenters. The number of para-hydroxylation sites is 1. The number of aromatic nitrogens is 1. The van der Waals surface area contributed by atoms with E-state index in [-0.39, 0.29) is 10.1 Å². The summed E-state index contributed by atoms with van der Waals surface area (Å²) < 4.78 is 2.10. The Hall–Kier alpha value is -1.07. The molecule has 0 aliphatic rings. The number of fused-ring (bicyclic) bond motifs is 1. The van der Waals surface area contributed by atoms with Crippen LogP contribution in [-0.4, -0.2) is 15.6 Å². The fourth-order valence-corrected chi connectivity index (χ4v) is 2.81. The molecule has 15 heavy (non-hydrogen) atoms. The van der Waals surface area contributed by atoms with Gasteiger partial charge in [-0.15, -0.1) is 0 Å². The highest BCUT2D eigenvalue weighted by molar-refractivity contribution is 8.13. The first-order chi connectivity index (χ1) is 7.24. The Morgan fingerprint density at radius 3 is 2.93 bits per heavy atom. The molecule has 0 aliphatic carbocycles. The zero-order valence-electron chi connectivity index (χ0n) is 8.10. The van der Waals surface area contributed by atoms with Gasteiger partial charge in [0.1, 0.15) is 0 Å². The van der Waals surface area contributed by atoms with Gasteiger partial charge in [0.05, 0.1) is 10.2 Å². The van der Waals surface area contributed by atoms with Crippen molar-refractivity contribution in [1.29, 1.82) is 0 Å². The lowest BCUT2D eigenvalue weighted by atomic mass is 10.3. The normalized spacial score (nSPS) is 10.7. The second-order valence-electron chi connectivity index (χ2n) is 2.87. The fraction of sp³-hybridized carbons (Fsp3) is 0.200. The van der Waals surface area contributed by atoms with Crippen LogP contribution in [0.4, 0.5) is 4.79 Å². The first-order valence-corrected chi connectivity index (χ1v) is 6.32. The van der Waals surface area contributed by atoms with E-state index >= 15 is 0 Å². The number of benzene rings is 1. The summed E-state index contributed by atoms with van der Waals surface area (Å²) in [6.45, 7) is 1.89. The summed E-state index contributed by atoms with van der Waals surface area (Å²) in [6, 6.07) is 7.33. The van der Waals surface area contributed by atoms with Gasteiger partial charge in [0, 0.05) is 0 Å². The van der Waals surface area contributed by atoms with Gasteiger partial charge in [0.2, 0.25) is 0 Å². The summed E-state index contributed by atoms with van der Waals surface area (Å²) in [7, 11) is 0. The molecule has 0 saturated carbocycles. The van der Waals surface area contributed by atoms with Crippen molar-refractivity contribution >= 4 is 38.6 Å². The Morgan fingerprint density at radius 1 is 1.47 bits per heavy atom. The molecule has 0 saturated heterocycles. The van der Waals surface area contributed by atoms with Crippen LogP contribution in [0.5, 0.6) is 0 Å². The van der Waals surface area contributed by atoms with Gasteiger partial charge in [-0.3, -0.25) is 9.59 Å². The lowest BCUT2D eigenvalue weighted by Crippen LogP contribution is -2.18. The summed E-state index contributed by atoms with van der Waals surface area (Å²) in [6.07, 6.45) is 0. The highest BCUT2D eigenvalue weighted by Gasteiger charge is 2.13. The SMILES string of the molecule is CCSC(=O)n1c(=O)sc2ccccc21. The van der Waals surface area contributed by atoms with E-state index in [4.69, 9.17) is 0 Å². The van der Waals surface area contributed by atoms with Gasteiger partial charge in [-0.25, -0.2) is 4.57 Å². The molecule has 0 fully saturated rings. The van der Waals surface area contributed by atoms with E-state index in [2.05, 4.69) is 0 Å². The molecule has 1 aromatic carbocycles. The summed E-state index contributed by atoms with van der Waals surface area (Å²) in [5.41, 5.74) is 0.707. The monoisotopic (exact) mass is 239 g/mol. The van der Waals surface area contributed by atoms with E-state index in [1.807, 2.05) is 25.1 Å². The average Bonchev–Trinajstić information content (AvgIpc) is 2.54. The van der Waals surface area contributed by atoms with Gasteiger partial charge in [-0.05, 0) is 17.9 Å². The maximum absolute atomic E-state index is 11.7. The molecule has 0 bridgehead atoms. The van der Waals surface area contributed by atoms with E-state index in [1.165, 1.54) is 4.57 Å². The van der Waals surface area contributed by atoms with Gasteiger partial charge in [0.15, 0.2) is 0 Å². The van der Waals surface area contributed by atoms with Crippen molar-refractivity contribution < 1.29 is 4.79 Å². The zero-order chi connectivity index (χ0) is 10.8. The first-order valence-electron chi connectivity index (χ1n) is 4.51. The predicted octanol–water partition coefficient (Wildman–Crippen LogP) is 2.78. The Labute approximate surface area is 94.7 Å². The average molecular weight is 239 g/mol. The van der Waals surface area contributed by atoms with Gasteiger partial charge in [-0.1, -0.05) is 42.2 Å². The second-order valence-corrected chi connectivity index (χ2v) is 5.08. The number of hydrogen-bond donors (Lipinski definition) is 0. The van der Waals surface area contributed by atoms with Crippen LogP contribution in [0.2, 0.25) is 0 Å².